The maximum absolute atomic E-state index is 11.3. The van der Waals surface area contributed by atoms with Crippen molar-refractivity contribution >= 4 is 15.5 Å². The van der Waals surface area contributed by atoms with Crippen molar-refractivity contribution in [1.29, 1.82) is 0 Å². The van der Waals surface area contributed by atoms with Crippen LogP contribution in [0.2, 0.25) is 0 Å². The first-order valence-corrected chi connectivity index (χ1v) is 6.45. The van der Waals surface area contributed by atoms with Crippen molar-refractivity contribution in [3.8, 4) is 0 Å². The molecule has 1 aromatic rings. The van der Waals surface area contributed by atoms with Crippen molar-refractivity contribution in [2.24, 2.45) is 0 Å². The van der Waals surface area contributed by atoms with Crippen molar-refractivity contribution in [2.75, 3.05) is 11.6 Å². The van der Waals surface area contributed by atoms with Crippen LogP contribution in [0.15, 0.2) is 23.1 Å². The molecule has 0 fully saturated rings. The molecular weight excluding hydrogens is 198 g/mol. The van der Waals surface area contributed by atoms with Gasteiger partial charge < -0.3 is 5.32 Å². The Bertz CT molecular complexity index is 465. The smallest absolute Gasteiger partial charge is 0.175 e. The number of rotatable bonds is 1. The van der Waals surface area contributed by atoms with E-state index in [0.29, 0.717) is 10.9 Å². The van der Waals surface area contributed by atoms with Crippen LogP contribution >= 0.6 is 0 Å². The third-order valence-corrected chi connectivity index (χ3v) is 3.55. The Morgan fingerprint density at radius 3 is 2.79 bits per heavy atom. The van der Waals surface area contributed by atoms with Gasteiger partial charge in [-0.15, -0.1) is 0 Å². The van der Waals surface area contributed by atoms with Gasteiger partial charge in [-0.3, -0.25) is 0 Å². The van der Waals surface area contributed by atoms with E-state index in [4.69, 9.17) is 0 Å². The van der Waals surface area contributed by atoms with Gasteiger partial charge in [-0.2, -0.15) is 0 Å². The van der Waals surface area contributed by atoms with E-state index in [1.165, 1.54) is 11.8 Å². The summed E-state index contributed by atoms with van der Waals surface area (Å²) in [6.45, 7) is 2.08. The predicted octanol–water partition coefficient (Wildman–Crippen LogP) is 1.45. The molecular formula is C10H13NO2S. The van der Waals surface area contributed by atoms with Crippen molar-refractivity contribution in [1.82, 2.24) is 0 Å². The maximum Gasteiger partial charge on any atom is 0.175 e. The highest BCUT2D eigenvalue weighted by atomic mass is 32.2. The van der Waals surface area contributed by atoms with Gasteiger partial charge in [0.25, 0.3) is 0 Å². The molecule has 2 rings (SSSR count). The van der Waals surface area contributed by atoms with Gasteiger partial charge in [-0.1, -0.05) is 6.07 Å². The van der Waals surface area contributed by atoms with Crippen molar-refractivity contribution in [3.63, 3.8) is 0 Å². The van der Waals surface area contributed by atoms with Gasteiger partial charge in [0.15, 0.2) is 9.84 Å². The zero-order chi connectivity index (χ0) is 10.3. The van der Waals surface area contributed by atoms with Crippen LogP contribution in [0.3, 0.4) is 0 Å². The molecule has 14 heavy (non-hydrogen) atoms. The second-order valence-corrected chi connectivity index (χ2v) is 5.86. The molecule has 0 aromatic heterocycles. The fourth-order valence-electron chi connectivity index (χ4n) is 1.74. The molecule has 0 radical (unpaired) electrons. The van der Waals surface area contributed by atoms with Crippen LogP contribution in [-0.4, -0.2) is 20.7 Å². The largest absolute Gasteiger partial charge is 0.382 e. The zero-order valence-corrected chi connectivity index (χ0v) is 9.06. The molecule has 0 aliphatic carbocycles. The summed E-state index contributed by atoms with van der Waals surface area (Å²) in [6.07, 6.45) is 2.20. The second kappa shape index (κ2) is 2.98. The molecule has 1 atom stereocenters. The van der Waals surface area contributed by atoms with E-state index >= 15 is 0 Å². The van der Waals surface area contributed by atoms with Crippen LogP contribution in [0.5, 0.6) is 0 Å². The minimum atomic E-state index is -3.08. The molecule has 0 spiro atoms. The van der Waals surface area contributed by atoms with Crippen molar-refractivity contribution in [3.05, 3.63) is 23.8 Å². The van der Waals surface area contributed by atoms with Gasteiger partial charge >= 0.3 is 0 Å². The summed E-state index contributed by atoms with van der Waals surface area (Å²) in [7, 11) is -3.08. The first-order valence-electron chi connectivity index (χ1n) is 4.56. The maximum atomic E-state index is 11.3. The SMILES string of the molecule is CC1Cc2ccc(S(C)(=O)=O)cc2N1. The molecule has 1 N–H and O–H groups in total. The summed E-state index contributed by atoms with van der Waals surface area (Å²) >= 11 is 0. The van der Waals surface area contributed by atoms with Gasteiger partial charge in [-0.25, -0.2) is 8.42 Å². The minimum Gasteiger partial charge on any atom is -0.382 e. The topological polar surface area (TPSA) is 46.2 Å². The second-order valence-electron chi connectivity index (χ2n) is 3.84. The number of fused-ring (bicyclic) bond motifs is 1. The van der Waals surface area contributed by atoms with Crippen LogP contribution in [0, 0.1) is 0 Å². The van der Waals surface area contributed by atoms with E-state index in [-0.39, 0.29) is 0 Å². The average Bonchev–Trinajstić information content (AvgIpc) is 2.41. The van der Waals surface area contributed by atoms with E-state index in [1.807, 2.05) is 6.07 Å². The standard InChI is InChI=1S/C10H13NO2S/c1-7-5-8-3-4-9(14(2,12)13)6-10(8)11-7/h3-4,6-7,11H,5H2,1-2H3. The number of benzene rings is 1. The van der Waals surface area contributed by atoms with Crippen LogP contribution in [0.25, 0.3) is 0 Å². The van der Waals surface area contributed by atoms with Gasteiger partial charge in [0, 0.05) is 18.0 Å². The molecule has 1 aliphatic rings. The quantitative estimate of drug-likeness (QED) is 0.764. The van der Waals surface area contributed by atoms with Crippen molar-refractivity contribution < 1.29 is 8.42 Å². The predicted molar refractivity (Wildman–Crippen MR) is 56.3 cm³/mol. The molecule has 0 saturated carbocycles. The summed E-state index contributed by atoms with van der Waals surface area (Å²) in [5.41, 5.74) is 2.16. The number of anilines is 1. The number of nitrogens with one attached hydrogen (secondary N) is 1. The van der Waals surface area contributed by atoms with E-state index in [9.17, 15) is 8.42 Å². The molecule has 76 valence electrons. The summed E-state index contributed by atoms with van der Waals surface area (Å²) in [4.78, 5) is 0.387. The number of hydrogen-bond acceptors (Lipinski definition) is 3. The van der Waals surface area contributed by atoms with E-state index in [2.05, 4.69) is 12.2 Å². The Balaban J connectivity index is 2.48. The molecule has 0 saturated heterocycles. The third kappa shape index (κ3) is 1.62. The van der Waals surface area contributed by atoms with Gasteiger partial charge in [0.05, 0.1) is 4.90 Å². The fourth-order valence-corrected chi connectivity index (χ4v) is 2.39. The monoisotopic (exact) mass is 211 g/mol. The molecule has 0 bridgehead atoms. The lowest BCUT2D eigenvalue weighted by molar-refractivity contribution is 0.602. The number of sulfone groups is 1. The molecule has 1 aliphatic heterocycles. The normalized spacial score (nSPS) is 20.3. The lowest BCUT2D eigenvalue weighted by Crippen LogP contribution is -2.08. The first kappa shape index (κ1) is 9.52. The van der Waals surface area contributed by atoms with Crippen LogP contribution in [0.4, 0.5) is 5.69 Å². The van der Waals surface area contributed by atoms with E-state index in [0.717, 1.165) is 12.1 Å². The van der Waals surface area contributed by atoms with Crippen LogP contribution in [-0.2, 0) is 16.3 Å². The summed E-state index contributed by atoms with van der Waals surface area (Å²) in [5, 5.41) is 3.25. The number of hydrogen-bond donors (Lipinski definition) is 1. The molecule has 4 heteroatoms. The van der Waals surface area contributed by atoms with Crippen molar-refractivity contribution in [2.45, 2.75) is 24.3 Å². The van der Waals surface area contributed by atoms with Crippen LogP contribution < -0.4 is 5.32 Å². The van der Waals surface area contributed by atoms with Gasteiger partial charge in [0.2, 0.25) is 0 Å². The molecule has 1 unspecified atom stereocenters. The highest BCUT2D eigenvalue weighted by Gasteiger charge is 2.18. The Morgan fingerprint density at radius 2 is 2.14 bits per heavy atom. The van der Waals surface area contributed by atoms with E-state index in [1.54, 1.807) is 12.1 Å². The third-order valence-electron chi connectivity index (χ3n) is 2.44. The minimum absolute atomic E-state index is 0.387. The summed E-state index contributed by atoms with van der Waals surface area (Å²) < 4.78 is 22.6. The van der Waals surface area contributed by atoms with Gasteiger partial charge in [-0.05, 0) is 31.0 Å². The highest BCUT2D eigenvalue weighted by molar-refractivity contribution is 7.90. The Kier molecular flexibility index (Phi) is 2.03. The molecule has 1 heterocycles. The first-order chi connectivity index (χ1) is 6.47. The highest BCUT2D eigenvalue weighted by Crippen LogP contribution is 2.28. The van der Waals surface area contributed by atoms with E-state index < -0.39 is 9.84 Å². The van der Waals surface area contributed by atoms with Gasteiger partial charge in [0.1, 0.15) is 0 Å². The summed E-state index contributed by atoms with van der Waals surface area (Å²) in [5.74, 6) is 0. The Morgan fingerprint density at radius 1 is 1.43 bits per heavy atom. The fraction of sp³-hybridized carbons (Fsp3) is 0.400. The zero-order valence-electron chi connectivity index (χ0n) is 8.24. The lowest BCUT2D eigenvalue weighted by atomic mass is 10.1. The molecule has 3 nitrogen and oxygen atoms in total. The summed E-state index contributed by atoms with van der Waals surface area (Å²) in [6, 6.07) is 5.68. The Labute approximate surface area is 84.1 Å². The Hall–Kier alpha value is -1.03. The average molecular weight is 211 g/mol. The van der Waals surface area contributed by atoms with Crippen LogP contribution in [0.1, 0.15) is 12.5 Å². The molecule has 0 amide bonds. The lowest BCUT2D eigenvalue weighted by Gasteiger charge is -2.04. The molecule has 1 aromatic carbocycles.